The zero-order valence-corrected chi connectivity index (χ0v) is 16.7. The first-order valence-electron chi connectivity index (χ1n) is 8.75. The lowest BCUT2D eigenvalue weighted by molar-refractivity contribution is -0.131. The van der Waals surface area contributed by atoms with Gasteiger partial charge < -0.3 is 9.80 Å². The highest BCUT2D eigenvalue weighted by atomic mass is 32.2. The molecule has 0 aliphatic carbocycles. The molecule has 0 saturated carbocycles. The Hall–Kier alpha value is -1.67. The van der Waals surface area contributed by atoms with Crippen LogP contribution in [-0.4, -0.2) is 68.0 Å². The third-order valence-corrected chi connectivity index (χ3v) is 6.03. The van der Waals surface area contributed by atoms with Gasteiger partial charge in [-0.1, -0.05) is 12.1 Å². The quantitative estimate of drug-likeness (QED) is 0.777. The molecule has 1 fully saturated rings. The predicted molar refractivity (Wildman–Crippen MR) is 101 cm³/mol. The molecule has 1 amide bonds. The van der Waals surface area contributed by atoms with Crippen molar-refractivity contribution in [1.82, 2.24) is 9.21 Å². The van der Waals surface area contributed by atoms with Gasteiger partial charge in [0.2, 0.25) is 15.9 Å². The Bertz CT molecular complexity index is 738. The largest absolute Gasteiger partial charge is 0.366 e. The summed E-state index contributed by atoms with van der Waals surface area (Å²) in [6.07, 6.45) is 1.31. The molecule has 146 valence electrons. The van der Waals surface area contributed by atoms with Crippen LogP contribution in [0, 0.1) is 5.82 Å². The molecule has 0 radical (unpaired) electrons. The summed E-state index contributed by atoms with van der Waals surface area (Å²) in [6, 6.07) is 6.61. The van der Waals surface area contributed by atoms with Crippen LogP contribution in [0.2, 0.25) is 0 Å². The highest BCUT2D eigenvalue weighted by molar-refractivity contribution is 7.88. The third kappa shape index (κ3) is 5.17. The summed E-state index contributed by atoms with van der Waals surface area (Å²) in [5, 5.41) is 0. The predicted octanol–water partition coefficient (Wildman–Crippen LogP) is 1.92. The minimum absolute atomic E-state index is 0.0731. The molecule has 1 saturated heterocycles. The van der Waals surface area contributed by atoms with Crippen molar-refractivity contribution in [3.8, 4) is 0 Å². The summed E-state index contributed by atoms with van der Waals surface area (Å²) in [7, 11) is -3.39. The minimum Gasteiger partial charge on any atom is -0.366 e. The number of sulfonamides is 1. The zero-order chi connectivity index (χ0) is 19.5. The van der Waals surface area contributed by atoms with E-state index < -0.39 is 15.6 Å². The molecule has 2 rings (SSSR count). The van der Waals surface area contributed by atoms with E-state index in [4.69, 9.17) is 0 Å². The molecule has 26 heavy (non-hydrogen) atoms. The van der Waals surface area contributed by atoms with E-state index in [9.17, 15) is 17.6 Å². The van der Waals surface area contributed by atoms with Crippen molar-refractivity contribution in [3.05, 3.63) is 30.1 Å². The fraction of sp³-hybridized carbons (Fsp3) is 0.611. The lowest BCUT2D eigenvalue weighted by Gasteiger charge is -2.37. The maximum atomic E-state index is 13.9. The van der Waals surface area contributed by atoms with E-state index in [2.05, 4.69) is 0 Å². The van der Waals surface area contributed by atoms with E-state index in [1.807, 2.05) is 25.7 Å². The Morgan fingerprint density at radius 3 is 2.23 bits per heavy atom. The molecule has 0 unspecified atom stereocenters. The van der Waals surface area contributed by atoms with E-state index in [0.717, 1.165) is 6.26 Å². The Morgan fingerprint density at radius 2 is 1.73 bits per heavy atom. The van der Waals surface area contributed by atoms with Gasteiger partial charge in [-0.2, -0.15) is 4.31 Å². The lowest BCUT2D eigenvalue weighted by Crippen LogP contribution is -2.51. The van der Waals surface area contributed by atoms with Crippen molar-refractivity contribution in [2.24, 2.45) is 0 Å². The molecule has 6 nitrogen and oxygen atoms in total. The first-order chi connectivity index (χ1) is 12.0. The molecular weight excluding hydrogens is 357 g/mol. The van der Waals surface area contributed by atoms with Gasteiger partial charge in [0.05, 0.1) is 11.9 Å². The molecule has 0 aromatic heterocycles. The van der Waals surface area contributed by atoms with Gasteiger partial charge in [-0.15, -0.1) is 0 Å². The van der Waals surface area contributed by atoms with Crippen LogP contribution in [-0.2, 0) is 14.8 Å². The van der Waals surface area contributed by atoms with Gasteiger partial charge in [0, 0.05) is 44.7 Å². The molecule has 0 atom stereocenters. The number of nitrogens with zero attached hydrogens (tertiary/aromatic N) is 3. The fourth-order valence-electron chi connectivity index (χ4n) is 3.26. The number of amides is 1. The number of rotatable bonds is 5. The van der Waals surface area contributed by atoms with Crippen LogP contribution in [0.4, 0.5) is 10.1 Å². The topological polar surface area (TPSA) is 60.9 Å². The van der Waals surface area contributed by atoms with E-state index in [1.165, 1.54) is 10.4 Å². The standard InChI is InChI=1S/C18H28FN3O3S/c1-18(2,3)22(26(4,24)25)10-9-17(23)21-13-11-20(12-14-21)16-8-6-5-7-15(16)19/h5-8H,9-14H2,1-4H3. The van der Waals surface area contributed by atoms with Crippen LogP contribution in [0.1, 0.15) is 27.2 Å². The summed E-state index contributed by atoms with van der Waals surface area (Å²) in [5.41, 5.74) is -0.0206. The number of carbonyl (C=O) groups excluding carboxylic acids is 1. The molecule has 1 aliphatic heterocycles. The smallest absolute Gasteiger partial charge is 0.224 e. The fourth-order valence-corrected chi connectivity index (χ4v) is 4.68. The van der Waals surface area contributed by atoms with Crippen molar-refractivity contribution >= 4 is 21.6 Å². The van der Waals surface area contributed by atoms with Gasteiger partial charge in [-0.25, -0.2) is 12.8 Å². The van der Waals surface area contributed by atoms with E-state index in [0.29, 0.717) is 31.9 Å². The second kappa shape index (κ2) is 7.92. The summed E-state index contributed by atoms with van der Waals surface area (Å²) in [4.78, 5) is 16.1. The second-order valence-electron chi connectivity index (χ2n) is 7.58. The Labute approximate surface area is 155 Å². The van der Waals surface area contributed by atoms with Gasteiger partial charge in [0.15, 0.2) is 0 Å². The summed E-state index contributed by atoms with van der Waals surface area (Å²) >= 11 is 0. The molecule has 1 heterocycles. The molecule has 0 bridgehead atoms. The highest BCUT2D eigenvalue weighted by Gasteiger charge is 2.31. The van der Waals surface area contributed by atoms with Crippen molar-refractivity contribution < 1.29 is 17.6 Å². The van der Waals surface area contributed by atoms with Gasteiger partial charge >= 0.3 is 0 Å². The van der Waals surface area contributed by atoms with Crippen LogP contribution in [0.5, 0.6) is 0 Å². The maximum absolute atomic E-state index is 13.9. The molecule has 0 spiro atoms. The third-order valence-electron chi connectivity index (χ3n) is 4.50. The number of para-hydroxylation sites is 1. The van der Waals surface area contributed by atoms with Crippen molar-refractivity contribution in [2.75, 3.05) is 43.9 Å². The van der Waals surface area contributed by atoms with E-state index in [1.54, 1.807) is 23.1 Å². The molecule has 1 aromatic rings. The number of halogens is 1. The molecule has 1 aliphatic rings. The van der Waals surface area contributed by atoms with Crippen molar-refractivity contribution in [1.29, 1.82) is 0 Å². The van der Waals surface area contributed by atoms with E-state index >= 15 is 0 Å². The number of carbonyl (C=O) groups is 1. The first-order valence-corrected chi connectivity index (χ1v) is 10.6. The number of benzene rings is 1. The second-order valence-corrected chi connectivity index (χ2v) is 9.48. The normalized spacial score (nSPS) is 16.2. The molecule has 1 aromatic carbocycles. The van der Waals surface area contributed by atoms with E-state index in [-0.39, 0.29) is 24.7 Å². The average molecular weight is 386 g/mol. The monoisotopic (exact) mass is 385 g/mol. The summed E-state index contributed by atoms with van der Waals surface area (Å²) < 4.78 is 39.1. The Kier molecular flexibility index (Phi) is 6.29. The van der Waals surface area contributed by atoms with Gasteiger partial charge in [-0.3, -0.25) is 4.79 Å². The minimum atomic E-state index is -3.39. The zero-order valence-electron chi connectivity index (χ0n) is 15.9. The van der Waals surface area contributed by atoms with Gasteiger partial charge in [-0.05, 0) is 32.9 Å². The highest BCUT2D eigenvalue weighted by Crippen LogP contribution is 2.21. The SMILES string of the molecule is CC(C)(C)N(CCC(=O)N1CCN(c2ccccc2F)CC1)S(C)(=O)=O. The maximum Gasteiger partial charge on any atom is 0.224 e. The Morgan fingerprint density at radius 1 is 1.15 bits per heavy atom. The number of piperazine rings is 1. The van der Waals surface area contributed by atoms with Crippen LogP contribution in [0.25, 0.3) is 0 Å². The van der Waals surface area contributed by atoms with Gasteiger partial charge in [0.1, 0.15) is 5.82 Å². The number of hydrogen-bond donors (Lipinski definition) is 0. The lowest BCUT2D eigenvalue weighted by atomic mass is 10.1. The first kappa shape index (κ1) is 20.6. The van der Waals surface area contributed by atoms with Crippen molar-refractivity contribution in [3.63, 3.8) is 0 Å². The van der Waals surface area contributed by atoms with Crippen LogP contribution in [0.3, 0.4) is 0 Å². The molecular formula is C18H28FN3O3S. The summed E-state index contributed by atoms with van der Waals surface area (Å²) in [6.45, 7) is 7.71. The number of anilines is 1. The number of hydrogen-bond acceptors (Lipinski definition) is 4. The average Bonchev–Trinajstić information content (AvgIpc) is 2.53. The Balaban J connectivity index is 1.91. The van der Waals surface area contributed by atoms with Crippen molar-refractivity contribution in [2.45, 2.75) is 32.7 Å². The molecule has 0 N–H and O–H groups in total. The molecule has 8 heteroatoms. The van der Waals surface area contributed by atoms with Gasteiger partial charge in [0.25, 0.3) is 0 Å². The van der Waals surface area contributed by atoms with Crippen LogP contribution in [0.15, 0.2) is 24.3 Å². The van der Waals surface area contributed by atoms with Crippen LogP contribution >= 0.6 is 0 Å². The van der Waals surface area contributed by atoms with Crippen LogP contribution < -0.4 is 4.90 Å². The summed E-state index contributed by atoms with van der Waals surface area (Å²) in [5.74, 6) is -0.336.